The molecule has 2 unspecified atom stereocenters. The SMILES string of the molecule is COCC1=Nc2ccnn2C(c2ccc(Cl)c(Cl)c2)C1C(=O)NCc1ccccn1. The Kier molecular flexibility index (Phi) is 6.13. The van der Waals surface area contributed by atoms with E-state index >= 15 is 0 Å². The highest BCUT2D eigenvalue weighted by molar-refractivity contribution is 6.42. The maximum absolute atomic E-state index is 13.3. The van der Waals surface area contributed by atoms with Crippen molar-refractivity contribution in [2.45, 2.75) is 12.6 Å². The van der Waals surface area contributed by atoms with Gasteiger partial charge in [-0.1, -0.05) is 35.3 Å². The van der Waals surface area contributed by atoms with Crippen molar-refractivity contribution in [1.29, 1.82) is 0 Å². The van der Waals surface area contributed by atoms with E-state index in [9.17, 15) is 4.79 Å². The third kappa shape index (κ3) is 4.09. The lowest BCUT2D eigenvalue weighted by atomic mass is 9.87. The molecule has 1 amide bonds. The van der Waals surface area contributed by atoms with Gasteiger partial charge in [0.2, 0.25) is 5.91 Å². The summed E-state index contributed by atoms with van der Waals surface area (Å²) < 4.78 is 7.07. The highest BCUT2D eigenvalue weighted by Gasteiger charge is 2.39. The van der Waals surface area contributed by atoms with Crippen molar-refractivity contribution in [1.82, 2.24) is 20.1 Å². The van der Waals surface area contributed by atoms with Crippen LogP contribution < -0.4 is 5.32 Å². The molecule has 0 radical (unpaired) electrons. The second-order valence-electron chi connectivity index (χ2n) is 6.81. The topological polar surface area (TPSA) is 81.4 Å². The molecule has 0 spiro atoms. The average Bonchev–Trinajstić information content (AvgIpc) is 3.22. The monoisotopic (exact) mass is 443 g/mol. The van der Waals surface area contributed by atoms with Crippen LogP contribution in [-0.2, 0) is 16.1 Å². The molecule has 2 atom stereocenters. The highest BCUT2D eigenvalue weighted by atomic mass is 35.5. The van der Waals surface area contributed by atoms with Gasteiger partial charge in [-0.05, 0) is 29.8 Å². The zero-order chi connectivity index (χ0) is 21.1. The molecule has 1 N–H and O–H groups in total. The molecule has 3 heterocycles. The number of carbonyl (C=O) groups is 1. The summed E-state index contributed by atoms with van der Waals surface area (Å²) in [5.74, 6) is -0.195. The first kappa shape index (κ1) is 20.5. The summed E-state index contributed by atoms with van der Waals surface area (Å²) in [6.07, 6.45) is 3.34. The number of nitrogens with one attached hydrogen (secondary N) is 1. The number of amides is 1. The second kappa shape index (κ2) is 8.95. The summed E-state index contributed by atoms with van der Waals surface area (Å²) >= 11 is 12.4. The largest absolute Gasteiger partial charge is 0.379 e. The van der Waals surface area contributed by atoms with Gasteiger partial charge in [-0.15, -0.1) is 0 Å². The van der Waals surface area contributed by atoms with Crippen LogP contribution in [0.3, 0.4) is 0 Å². The van der Waals surface area contributed by atoms with E-state index < -0.39 is 12.0 Å². The Balaban J connectivity index is 1.72. The molecule has 3 aromatic rings. The van der Waals surface area contributed by atoms with Crippen LogP contribution in [0.2, 0.25) is 10.0 Å². The molecule has 30 heavy (non-hydrogen) atoms. The maximum Gasteiger partial charge on any atom is 0.231 e. The van der Waals surface area contributed by atoms with Gasteiger partial charge in [0, 0.05) is 19.4 Å². The second-order valence-corrected chi connectivity index (χ2v) is 7.62. The predicted molar refractivity (Wildman–Crippen MR) is 115 cm³/mol. The lowest BCUT2D eigenvalue weighted by Crippen LogP contribution is -2.44. The number of carbonyl (C=O) groups excluding carboxylic acids is 1. The quantitative estimate of drug-likeness (QED) is 0.627. The molecule has 0 bridgehead atoms. The first-order valence-electron chi connectivity index (χ1n) is 9.31. The van der Waals surface area contributed by atoms with Gasteiger partial charge in [-0.3, -0.25) is 9.78 Å². The van der Waals surface area contributed by atoms with Gasteiger partial charge in [-0.25, -0.2) is 9.67 Å². The number of halogens is 2. The van der Waals surface area contributed by atoms with E-state index in [1.54, 1.807) is 42.4 Å². The van der Waals surface area contributed by atoms with Crippen molar-refractivity contribution in [2.24, 2.45) is 10.9 Å². The van der Waals surface area contributed by atoms with Crippen LogP contribution >= 0.6 is 23.2 Å². The van der Waals surface area contributed by atoms with Crippen LogP contribution in [0.1, 0.15) is 17.3 Å². The third-order valence-corrected chi connectivity index (χ3v) is 5.61. The van der Waals surface area contributed by atoms with Gasteiger partial charge < -0.3 is 10.1 Å². The zero-order valence-corrected chi connectivity index (χ0v) is 17.6. The number of fused-ring (bicyclic) bond motifs is 1. The zero-order valence-electron chi connectivity index (χ0n) is 16.1. The van der Waals surface area contributed by atoms with E-state index in [1.807, 2.05) is 24.3 Å². The summed E-state index contributed by atoms with van der Waals surface area (Å²) in [6, 6.07) is 12.2. The van der Waals surface area contributed by atoms with Crippen LogP contribution in [0.4, 0.5) is 5.82 Å². The van der Waals surface area contributed by atoms with E-state index in [1.165, 1.54) is 0 Å². The molecule has 0 aliphatic carbocycles. The Bertz CT molecular complexity index is 1080. The number of aliphatic imine (C=N–C) groups is 1. The fraction of sp³-hybridized carbons (Fsp3) is 0.238. The van der Waals surface area contributed by atoms with E-state index in [2.05, 4.69) is 20.4 Å². The average molecular weight is 444 g/mol. The minimum absolute atomic E-state index is 0.200. The number of methoxy groups -OCH3 is 1. The molecule has 0 saturated heterocycles. The first-order valence-corrected chi connectivity index (χ1v) is 10.1. The smallest absolute Gasteiger partial charge is 0.231 e. The normalized spacial score (nSPS) is 17.9. The van der Waals surface area contributed by atoms with Crippen molar-refractivity contribution in [3.8, 4) is 0 Å². The molecule has 7 nitrogen and oxygen atoms in total. The van der Waals surface area contributed by atoms with E-state index in [0.29, 0.717) is 28.1 Å². The Morgan fingerprint density at radius 3 is 2.77 bits per heavy atom. The molecule has 4 rings (SSSR count). The van der Waals surface area contributed by atoms with Crippen molar-refractivity contribution < 1.29 is 9.53 Å². The van der Waals surface area contributed by atoms with Crippen LogP contribution in [-0.4, -0.2) is 40.1 Å². The number of hydrogen-bond acceptors (Lipinski definition) is 5. The Morgan fingerprint density at radius 1 is 1.17 bits per heavy atom. The molecular formula is C21H19Cl2N5O2. The van der Waals surface area contributed by atoms with Gasteiger partial charge in [0.25, 0.3) is 0 Å². The molecule has 1 aliphatic heterocycles. The van der Waals surface area contributed by atoms with Crippen molar-refractivity contribution in [2.75, 3.05) is 13.7 Å². The fourth-order valence-corrected chi connectivity index (χ4v) is 3.84. The number of aromatic nitrogens is 3. The van der Waals surface area contributed by atoms with Crippen LogP contribution in [0, 0.1) is 5.92 Å². The molecule has 9 heteroatoms. The Hall–Kier alpha value is -2.74. The van der Waals surface area contributed by atoms with E-state index in [4.69, 9.17) is 27.9 Å². The Labute approximate surface area is 183 Å². The van der Waals surface area contributed by atoms with Gasteiger partial charge >= 0.3 is 0 Å². The summed E-state index contributed by atoms with van der Waals surface area (Å²) in [5.41, 5.74) is 2.17. The molecule has 0 fully saturated rings. The van der Waals surface area contributed by atoms with Crippen LogP contribution in [0.5, 0.6) is 0 Å². The van der Waals surface area contributed by atoms with Crippen molar-refractivity contribution in [3.63, 3.8) is 0 Å². The fourth-order valence-electron chi connectivity index (χ4n) is 3.54. The van der Waals surface area contributed by atoms with Crippen molar-refractivity contribution in [3.05, 3.63) is 76.2 Å². The van der Waals surface area contributed by atoms with Crippen molar-refractivity contribution >= 4 is 40.6 Å². The van der Waals surface area contributed by atoms with Gasteiger partial charge in [0.15, 0.2) is 5.82 Å². The number of pyridine rings is 1. The summed E-state index contributed by atoms with van der Waals surface area (Å²) in [6.45, 7) is 0.515. The highest BCUT2D eigenvalue weighted by Crippen LogP contribution is 2.38. The molecule has 1 aromatic carbocycles. The van der Waals surface area contributed by atoms with Gasteiger partial charge in [-0.2, -0.15) is 5.10 Å². The first-order chi connectivity index (χ1) is 14.6. The number of nitrogens with zero attached hydrogens (tertiary/aromatic N) is 4. The molecule has 2 aromatic heterocycles. The summed E-state index contributed by atoms with van der Waals surface area (Å²) in [4.78, 5) is 22.2. The number of hydrogen-bond donors (Lipinski definition) is 1. The summed E-state index contributed by atoms with van der Waals surface area (Å²) in [5, 5.41) is 8.23. The Morgan fingerprint density at radius 2 is 2.03 bits per heavy atom. The standard InChI is InChI=1S/C21H19Cl2N5O2/c1-30-12-17-19(21(29)25-11-14-4-2-3-8-24-14)20(28-18(27-17)7-9-26-28)13-5-6-15(22)16(23)10-13/h2-10,19-20H,11-12H2,1H3,(H,25,29). The lowest BCUT2D eigenvalue weighted by Gasteiger charge is -2.32. The van der Waals surface area contributed by atoms with Crippen LogP contribution in [0.25, 0.3) is 0 Å². The lowest BCUT2D eigenvalue weighted by molar-refractivity contribution is -0.124. The van der Waals surface area contributed by atoms with Crippen LogP contribution in [0.15, 0.2) is 59.9 Å². The van der Waals surface area contributed by atoms with Gasteiger partial charge in [0.05, 0.1) is 46.8 Å². The number of benzene rings is 1. The minimum Gasteiger partial charge on any atom is -0.379 e. The minimum atomic E-state index is -0.640. The van der Waals surface area contributed by atoms with E-state index in [0.717, 1.165) is 11.3 Å². The molecule has 154 valence electrons. The van der Waals surface area contributed by atoms with Gasteiger partial charge in [0.1, 0.15) is 5.92 Å². The molecule has 1 aliphatic rings. The predicted octanol–water partition coefficient (Wildman–Crippen LogP) is 3.84. The maximum atomic E-state index is 13.3. The molecular weight excluding hydrogens is 425 g/mol. The molecule has 0 saturated carbocycles. The van der Waals surface area contributed by atoms with E-state index in [-0.39, 0.29) is 12.5 Å². The summed E-state index contributed by atoms with van der Waals surface area (Å²) in [7, 11) is 1.57. The third-order valence-electron chi connectivity index (χ3n) is 4.88. The number of ether oxygens (including phenoxy) is 1. The number of rotatable bonds is 6.